The lowest BCUT2D eigenvalue weighted by Gasteiger charge is -2.14. The maximum atomic E-state index is 12.8. The Balaban J connectivity index is 2.26. The first-order valence-electron chi connectivity index (χ1n) is 4.46. The average molecular weight is 208 g/mol. The summed E-state index contributed by atoms with van der Waals surface area (Å²) in [5.41, 5.74) is 0.760. The first-order valence-corrected chi connectivity index (χ1v) is 4.46. The van der Waals surface area contributed by atoms with E-state index in [1.807, 2.05) is 0 Å². The van der Waals surface area contributed by atoms with Crippen LogP contribution < -0.4 is 5.01 Å². The van der Waals surface area contributed by atoms with Gasteiger partial charge in [0.05, 0.1) is 24.0 Å². The van der Waals surface area contributed by atoms with Crippen LogP contribution in [0.5, 0.6) is 0 Å². The number of anilines is 1. The highest BCUT2D eigenvalue weighted by molar-refractivity contribution is 5.89. The lowest BCUT2D eigenvalue weighted by Crippen LogP contribution is -2.18. The Bertz CT molecular complexity index is 420. The zero-order chi connectivity index (χ0) is 10.8. The van der Waals surface area contributed by atoms with Crippen LogP contribution in [0.1, 0.15) is 10.4 Å². The fourth-order valence-corrected chi connectivity index (χ4v) is 1.38. The monoisotopic (exact) mass is 208 g/mol. The fourth-order valence-electron chi connectivity index (χ4n) is 1.38. The number of carboxylic acid groups (broad SMARTS) is 1. The largest absolute Gasteiger partial charge is 0.478 e. The molecule has 1 aromatic rings. The van der Waals surface area contributed by atoms with Crippen LogP contribution in [0.15, 0.2) is 29.4 Å². The van der Waals surface area contributed by atoms with Crippen molar-refractivity contribution in [3.8, 4) is 0 Å². The number of hydrogen-bond donors (Lipinski definition) is 1. The molecule has 0 fully saturated rings. The molecule has 1 unspecified atom stereocenters. The van der Waals surface area contributed by atoms with Crippen LogP contribution in [0.3, 0.4) is 0 Å². The van der Waals surface area contributed by atoms with Crippen molar-refractivity contribution in [3.05, 3.63) is 29.8 Å². The van der Waals surface area contributed by atoms with Crippen molar-refractivity contribution in [2.45, 2.75) is 6.17 Å². The molecule has 0 amide bonds. The second-order valence-electron chi connectivity index (χ2n) is 3.22. The number of alkyl halides is 1. The van der Waals surface area contributed by atoms with E-state index in [1.165, 1.54) is 23.4 Å². The molecular formula is C10H9FN2O2. The Hall–Kier alpha value is -1.91. The maximum absolute atomic E-state index is 12.8. The zero-order valence-corrected chi connectivity index (χ0v) is 7.80. The van der Waals surface area contributed by atoms with Gasteiger partial charge in [0.15, 0.2) is 6.17 Å². The Labute approximate surface area is 85.6 Å². The van der Waals surface area contributed by atoms with Crippen molar-refractivity contribution in [3.63, 3.8) is 0 Å². The van der Waals surface area contributed by atoms with Gasteiger partial charge in [0.1, 0.15) is 0 Å². The number of hydrazone groups is 1. The molecule has 0 radical (unpaired) electrons. The van der Waals surface area contributed by atoms with E-state index < -0.39 is 12.1 Å². The van der Waals surface area contributed by atoms with Crippen LogP contribution in [0, 0.1) is 0 Å². The Morgan fingerprint density at radius 2 is 2.40 bits per heavy atom. The number of hydrogen-bond acceptors (Lipinski definition) is 3. The molecule has 0 saturated heterocycles. The normalized spacial score (nSPS) is 19.5. The summed E-state index contributed by atoms with van der Waals surface area (Å²) in [6.45, 7) is 0.142. The number of benzene rings is 1. The smallest absolute Gasteiger partial charge is 0.335 e. The molecular weight excluding hydrogens is 199 g/mol. The minimum Gasteiger partial charge on any atom is -0.478 e. The predicted octanol–water partition coefficient (Wildman–Crippen LogP) is 1.53. The molecule has 1 N–H and O–H groups in total. The number of halogens is 1. The number of aromatic carboxylic acids is 1. The van der Waals surface area contributed by atoms with Crippen LogP contribution in [0.4, 0.5) is 10.1 Å². The summed E-state index contributed by atoms with van der Waals surface area (Å²) in [4.78, 5) is 10.7. The minimum atomic E-state index is -1.08. The first kappa shape index (κ1) is 9.64. The summed E-state index contributed by atoms with van der Waals surface area (Å²) in [7, 11) is 0. The molecule has 0 saturated carbocycles. The second-order valence-corrected chi connectivity index (χ2v) is 3.22. The van der Waals surface area contributed by atoms with E-state index in [1.54, 1.807) is 12.1 Å². The first-order chi connectivity index (χ1) is 7.16. The number of rotatable bonds is 2. The molecule has 1 aromatic carbocycles. The molecule has 1 heterocycles. The molecule has 1 aliphatic heterocycles. The fraction of sp³-hybridized carbons (Fsp3) is 0.200. The molecule has 78 valence electrons. The Morgan fingerprint density at radius 3 is 3.00 bits per heavy atom. The quantitative estimate of drug-likeness (QED) is 0.801. The van der Waals surface area contributed by atoms with Gasteiger partial charge in [0, 0.05) is 0 Å². The number of carbonyl (C=O) groups is 1. The summed E-state index contributed by atoms with van der Waals surface area (Å²) >= 11 is 0. The van der Waals surface area contributed by atoms with Crippen LogP contribution in [-0.4, -0.2) is 30.0 Å². The van der Waals surface area contributed by atoms with Crippen molar-refractivity contribution >= 4 is 17.9 Å². The molecule has 2 rings (SSSR count). The predicted molar refractivity (Wildman–Crippen MR) is 54.1 cm³/mol. The third-order valence-electron chi connectivity index (χ3n) is 2.11. The van der Waals surface area contributed by atoms with Crippen LogP contribution in [-0.2, 0) is 0 Å². The van der Waals surface area contributed by atoms with Crippen molar-refractivity contribution in [1.29, 1.82) is 0 Å². The van der Waals surface area contributed by atoms with E-state index in [-0.39, 0.29) is 12.1 Å². The van der Waals surface area contributed by atoms with Gasteiger partial charge >= 0.3 is 5.97 Å². The Morgan fingerprint density at radius 1 is 1.60 bits per heavy atom. The van der Waals surface area contributed by atoms with E-state index in [2.05, 4.69) is 5.10 Å². The van der Waals surface area contributed by atoms with Gasteiger partial charge in [-0.25, -0.2) is 9.18 Å². The minimum absolute atomic E-state index is 0.142. The van der Waals surface area contributed by atoms with Crippen molar-refractivity contribution < 1.29 is 14.3 Å². The van der Waals surface area contributed by atoms with Gasteiger partial charge in [-0.2, -0.15) is 5.10 Å². The molecule has 5 heteroatoms. The topological polar surface area (TPSA) is 52.9 Å². The summed E-state index contributed by atoms with van der Waals surface area (Å²) in [5, 5.41) is 14.0. The third-order valence-corrected chi connectivity index (χ3v) is 2.11. The molecule has 15 heavy (non-hydrogen) atoms. The number of carboxylic acids is 1. The van der Waals surface area contributed by atoms with Crippen LogP contribution in [0.25, 0.3) is 0 Å². The highest BCUT2D eigenvalue weighted by atomic mass is 19.1. The van der Waals surface area contributed by atoms with Gasteiger partial charge in [-0.15, -0.1) is 0 Å². The molecule has 0 bridgehead atoms. The summed E-state index contributed by atoms with van der Waals surface area (Å²) in [6.07, 6.45) is 0.117. The zero-order valence-electron chi connectivity index (χ0n) is 7.80. The van der Waals surface area contributed by atoms with Gasteiger partial charge in [0.25, 0.3) is 0 Å². The average Bonchev–Trinajstić information content (AvgIpc) is 2.65. The van der Waals surface area contributed by atoms with E-state index in [9.17, 15) is 9.18 Å². The van der Waals surface area contributed by atoms with Gasteiger partial charge in [-0.05, 0) is 18.2 Å². The van der Waals surface area contributed by atoms with Gasteiger partial charge < -0.3 is 5.11 Å². The van der Waals surface area contributed by atoms with Crippen molar-refractivity contribution in [2.24, 2.45) is 5.10 Å². The standard InChI is InChI=1S/C10H9FN2O2/c11-8-5-12-13(6-8)9-3-1-2-7(4-9)10(14)15/h1-5,8H,6H2,(H,14,15). The third kappa shape index (κ3) is 1.96. The van der Waals surface area contributed by atoms with E-state index in [0.29, 0.717) is 5.69 Å². The number of nitrogens with zero attached hydrogens (tertiary/aromatic N) is 2. The molecule has 4 nitrogen and oxygen atoms in total. The lowest BCUT2D eigenvalue weighted by molar-refractivity contribution is 0.0697. The summed E-state index contributed by atoms with van der Waals surface area (Å²) in [6, 6.07) is 6.26. The summed E-state index contributed by atoms with van der Waals surface area (Å²) < 4.78 is 12.8. The molecule has 1 atom stereocenters. The van der Waals surface area contributed by atoms with E-state index in [4.69, 9.17) is 5.11 Å². The van der Waals surface area contributed by atoms with Crippen molar-refractivity contribution in [1.82, 2.24) is 0 Å². The van der Waals surface area contributed by atoms with Gasteiger partial charge in [0.2, 0.25) is 0 Å². The van der Waals surface area contributed by atoms with E-state index >= 15 is 0 Å². The molecule has 1 aliphatic rings. The maximum Gasteiger partial charge on any atom is 0.335 e. The Kier molecular flexibility index (Phi) is 2.37. The van der Waals surface area contributed by atoms with Gasteiger partial charge in [-0.3, -0.25) is 5.01 Å². The summed E-state index contributed by atoms with van der Waals surface area (Å²) in [5.74, 6) is -1.00. The molecule has 0 aliphatic carbocycles. The molecule has 0 aromatic heterocycles. The van der Waals surface area contributed by atoms with Gasteiger partial charge in [-0.1, -0.05) is 6.07 Å². The van der Waals surface area contributed by atoms with Crippen LogP contribution in [0.2, 0.25) is 0 Å². The lowest BCUT2D eigenvalue weighted by atomic mass is 10.2. The highest BCUT2D eigenvalue weighted by Gasteiger charge is 2.18. The van der Waals surface area contributed by atoms with Crippen molar-refractivity contribution in [2.75, 3.05) is 11.6 Å². The van der Waals surface area contributed by atoms with Crippen LogP contribution >= 0.6 is 0 Å². The SMILES string of the molecule is O=C(O)c1cccc(N2CC(F)C=N2)c1. The second kappa shape index (κ2) is 3.68. The molecule has 0 spiro atoms. The van der Waals surface area contributed by atoms with E-state index in [0.717, 1.165) is 0 Å². The highest BCUT2D eigenvalue weighted by Crippen LogP contribution is 2.19.